The molecule has 5 heteroatoms. The van der Waals surface area contributed by atoms with E-state index >= 15 is 0 Å². The number of rotatable bonds is 6. The summed E-state index contributed by atoms with van der Waals surface area (Å²) in [6, 6.07) is 17.9. The Morgan fingerprint density at radius 1 is 1.08 bits per heavy atom. The second-order valence-electron chi connectivity index (χ2n) is 6.34. The van der Waals surface area contributed by atoms with Gasteiger partial charge in [-0.15, -0.1) is 0 Å². The van der Waals surface area contributed by atoms with E-state index in [1.165, 1.54) is 0 Å². The molecule has 0 aromatic heterocycles. The van der Waals surface area contributed by atoms with Crippen LogP contribution in [0.15, 0.2) is 54.6 Å². The van der Waals surface area contributed by atoms with Crippen molar-refractivity contribution in [1.29, 1.82) is 0 Å². The zero-order valence-electron chi connectivity index (χ0n) is 13.8. The summed E-state index contributed by atoms with van der Waals surface area (Å²) in [5.41, 5.74) is 3.23. The van der Waals surface area contributed by atoms with Crippen molar-refractivity contribution in [3.63, 3.8) is 0 Å². The monoisotopic (exact) mass is 345 g/mol. The van der Waals surface area contributed by atoms with E-state index in [0.29, 0.717) is 13.2 Å². The molecule has 0 radical (unpaired) electrons. The van der Waals surface area contributed by atoms with Gasteiger partial charge in [-0.3, -0.25) is 0 Å². The summed E-state index contributed by atoms with van der Waals surface area (Å²) in [6.07, 6.45) is 0.820. The van der Waals surface area contributed by atoms with E-state index in [1.54, 1.807) is 0 Å². The van der Waals surface area contributed by atoms with Crippen molar-refractivity contribution in [3.05, 3.63) is 60.2 Å². The van der Waals surface area contributed by atoms with Crippen LogP contribution in [0.3, 0.4) is 0 Å². The van der Waals surface area contributed by atoms with Crippen LogP contribution in [0.4, 0.5) is 0 Å². The van der Waals surface area contributed by atoms with Crippen LogP contribution in [0.25, 0.3) is 11.1 Å². The maximum Gasteiger partial charge on any atom is 0.212 e. The van der Waals surface area contributed by atoms with E-state index in [1.807, 2.05) is 49.4 Å². The normalized spacial score (nSPS) is 19.3. The highest BCUT2D eigenvalue weighted by Crippen LogP contribution is 2.22. The summed E-state index contributed by atoms with van der Waals surface area (Å²) in [5, 5.41) is 0. The van der Waals surface area contributed by atoms with E-state index in [2.05, 4.69) is 16.9 Å². The molecular weight excluding hydrogens is 322 g/mol. The minimum atomic E-state index is -3.30. The largest absolute Gasteiger partial charge is 0.381 e. The minimum absolute atomic E-state index is 0.107. The van der Waals surface area contributed by atoms with Crippen molar-refractivity contribution in [3.8, 4) is 11.1 Å². The lowest BCUT2D eigenvalue weighted by Gasteiger charge is -2.17. The summed E-state index contributed by atoms with van der Waals surface area (Å²) in [7, 11) is -3.30. The molecule has 1 aliphatic rings. The summed E-state index contributed by atoms with van der Waals surface area (Å²) >= 11 is 0. The van der Waals surface area contributed by atoms with E-state index < -0.39 is 10.0 Å². The zero-order valence-corrected chi connectivity index (χ0v) is 14.6. The molecule has 1 saturated heterocycles. The third-order valence-electron chi connectivity index (χ3n) is 4.35. The Kier molecular flexibility index (Phi) is 5.33. The number of ether oxygens (including phenoxy) is 1. The molecule has 4 nitrogen and oxygen atoms in total. The lowest BCUT2D eigenvalue weighted by Crippen LogP contribution is -2.32. The Labute approximate surface area is 143 Å². The average molecular weight is 345 g/mol. The molecule has 1 aliphatic heterocycles. The third-order valence-corrected chi connectivity index (χ3v) is 5.98. The molecule has 2 aromatic carbocycles. The fourth-order valence-corrected chi connectivity index (χ4v) is 4.66. The van der Waals surface area contributed by atoms with Gasteiger partial charge in [-0.25, -0.2) is 13.1 Å². The quantitative estimate of drug-likeness (QED) is 0.873. The van der Waals surface area contributed by atoms with Gasteiger partial charge in [0.05, 0.1) is 12.4 Å². The maximum atomic E-state index is 12.3. The van der Waals surface area contributed by atoms with Gasteiger partial charge in [0.25, 0.3) is 0 Å². The highest BCUT2D eigenvalue weighted by atomic mass is 32.2. The van der Waals surface area contributed by atoms with Gasteiger partial charge < -0.3 is 4.74 Å². The van der Waals surface area contributed by atoms with Crippen LogP contribution in [0, 0.1) is 5.92 Å². The maximum absolute atomic E-state index is 12.3. The predicted octanol–water partition coefficient (Wildman–Crippen LogP) is 3.37. The lowest BCUT2D eigenvalue weighted by atomic mass is 10.0. The van der Waals surface area contributed by atoms with Crippen LogP contribution >= 0.6 is 0 Å². The summed E-state index contributed by atoms with van der Waals surface area (Å²) < 4.78 is 32.6. The zero-order chi connectivity index (χ0) is 17.0. The molecule has 0 amide bonds. The van der Waals surface area contributed by atoms with Crippen LogP contribution in [0.2, 0.25) is 0 Å². The molecule has 0 spiro atoms. The Balaban J connectivity index is 1.65. The van der Waals surface area contributed by atoms with Crippen molar-refractivity contribution in [1.82, 2.24) is 4.72 Å². The van der Waals surface area contributed by atoms with Gasteiger partial charge in [0.1, 0.15) is 0 Å². The van der Waals surface area contributed by atoms with Gasteiger partial charge in [-0.05, 0) is 36.0 Å². The van der Waals surface area contributed by atoms with E-state index in [9.17, 15) is 8.42 Å². The Hall–Kier alpha value is -1.69. The van der Waals surface area contributed by atoms with Crippen LogP contribution in [0.5, 0.6) is 0 Å². The molecule has 128 valence electrons. The standard InChI is InChI=1S/C19H23NO3S/c1-15(20-24(21,22)14-16-11-12-23-13-16)17-7-9-19(10-8-17)18-5-3-2-4-6-18/h2-10,15-16,20H,11-14H2,1H3. The first kappa shape index (κ1) is 17.1. The first-order valence-corrected chi connectivity index (χ1v) is 9.92. The van der Waals surface area contributed by atoms with Gasteiger partial charge in [0.15, 0.2) is 0 Å². The second-order valence-corrected chi connectivity index (χ2v) is 8.14. The Bertz CT molecular complexity index is 751. The number of benzene rings is 2. The molecular formula is C19H23NO3S. The molecule has 0 bridgehead atoms. The van der Waals surface area contributed by atoms with Gasteiger partial charge in [-0.2, -0.15) is 0 Å². The Morgan fingerprint density at radius 3 is 2.38 bits per heavy atom. The molecule has 0 saturated carbocycles. The highest BCUT2D eigenvalue weighted by Gasteiger charge is 2.24. The van der Waals surface area contributed by atoms with Crippen molar-refractivity contribution in [2.75, 3.05) is 19.0 Å². The number of hydrogen-bond acceptors (Lipinski definition) is 3. The van der Waals surface area contributed by atoms with E-state index in [-0.39, 0.29) is 17.7 Å². The van der Waals surface area contributed by atoms with Crippen LogP contribution in [-0.2, 0) is 14.8 Å². The second kappa shape index (κ2) is 7.47. The molecule has 2 unspecified atom stereocenters. The predicted molar refractivity (Wildman–Crippen MR) is 96.1 cm³/mol. The van der Waals surface area contributed by atoms with Crippen LogP contribution in [-0.4, -0.2) is 27.4 Å². The highest BCUT2D eigenvalue weighted by molar-refractivity contribution is 7.89. The van der Waals surface area contributed by atoms with Crippen molar-refractivity contribution in [2.24, 2.45) is 5.92 Å². The van der Waals surface area contributed by atoms with E-state index in [4.69, 9.17) is 4.74 Å². The lowest BCUT2D eigenvalue weighted by molar-refractivity contribution is 0.188. The minimum Gasteiger partial charge on any atom is -0.381 e. The molecule has 3 rings (SSSR count). The number of sulfonamides is 1. The molecule has 1 fully saturated rings. The molecule has 1 N–H and O–H groups in total. The van der Waals surface area contributed by atoms with Crippen LogP contribution < -0.4 is 4.72 Å². The van der Waals surface area contributed by atoms with Gasteiger partial charge in [-0.1, -0.05) is 54.6 Å². The summed E-state index contributed by atoms with van der Waals surface area (Å²) in [6.45, 7) is 3.08. The number of hydrogen-bond donors (Lipinski definition) is 1. The molecule has 1 heterocycles. The molecule has 2 atom stereocenters. The van der Waals surface area contributed by atoms with Gasteiger partial charge in [0, 0.05) is 12.6 Å². The van der Waals surface area contributed by atoms with Crippen molar-refractivity contribution >= 4 is 10.0 Å². The third kappa shape index (κ3) is 4.44. The fraction of sp³-hybridized carbons (Fsp3) is 0.368. The van der Waals surface area contributed by atoms with Crippen molar-refractivity contribution in [2.45, 2.75) is 19.4 Å². The molecule has 0 aliphatic carbocycles. The fourth-order valence-electron chi connectivity index (χ4n) is 3.01. The first-order chi connectivity index (χ1) is 11.5. The molecule has 2 aromatic rings. The average Bonchev–Trinajstić information content (AvgIpc) is 3.07. The topological polar surface area (TPSA) is 55.4 Å². The molecule has 24 heavy (non-hydrogen) atoms. The smallest absolute Gasteiger partial charge is 0.212 e. The Morgan fingerprint density at radius 2 is 1.75 bits per heavy atom. The van der Waals surface area contributed by atoms with Crippen LogP contribution in [0.1, 0.15) is 24.9 Å². The number of nitrogens with one attached hydrogen (secondary N) is 1. The SMILES string of the molecule is CC(NS(=O)(=O)CC1CCOC1)c1ccc(-c2ccccc2)cc1. The summed E-state index contributed by atoms with van der Waals surface area (Å²) in [4.78, 5) is 0. The van der Waals surface area contributed by atoms with Crippen molar-refractivity contribution < 1.29 is 13.2 Å². The van der Waals surface area contributed by atoms with E-state index in [0.717, 1.165) is 23.1 Å². The van der Waals surface area contributed by atoms with Gasteiger partial charge in [0.2, 0.25) is 10.0 Å². The summed E-state index contributed by atoms with van der Waals surface area (Å²) in [5.74, 6) is 0.245. The van der Waals surface area contributed by atoms with Gasteiger partial charge >= 0.3 is 0 Å². The first-order valence-electron chi connectivity index (χ1n) is 8.26.